The van der Waals surface area contributed by atoms with Gasteiger partial charge in [0.05, 0.1) is 0 Å². The van der Waals surface area contributed by atoms with Gasteiger partial charge in [0.2, 0.25) is 0 Å². The van der Waals surface area contributed by atoms with Gasteiger partial charge in [-0.2, -0.15) is 0 Å². The summed E-state index contributed by atoms with van der Waals surface area (Å²) in [7, 11) is 0. The highest BCUT2D eigenvalue weighted by atomic mass is 15.1. The zero-order valence-corrected chi connectivity index (χ0v) is 14.1. The molecular weight excluding hydrogens is 278 g/mol. The third kappa shape index (κ3) is 4.48. The van der Waals surface area contributed by atoms with Crippen LogP contribution in [0.1, 0.15) is 42.4 Å². The number of hydrogen-bond acceptors (Lipinski definition) is 1. The minimum absolute atomic E-state index is 0.684. The highest BCUT2D eigenvalue weighted by Crippen LogP contribution is 2.22. The quantitative estimate of drug-likeness (QED) is 0.709. The van der Waals surface area contributed by atoms with E-state index in [4.69, 9.17) is 0 Å². The van der Waals surface area contributed by atoms with Gasteiger partial charge >= 0.3 is 0 Å². The number of aryl methyl sites for hydroxylation is 2. The average molecular weight is 305 g/mol. The van der Waals surface area contributed by atoms with Crippen LogP contribution >= 0.6 is 0 Å². The fourth-order valence-corrected chi connectivity index (χ4v) is 3.46. The Hall–Kier alpha value is -2.02. The van der Waals surface area contributed by atoms with E-state index in [9.17, 15) is 0 Å². The van der Waals surface area contributed by atoms with E-state index in [1.54, 1.807) is 0 Å². The van der Waals surface area contributed by atoms with Crippen molar-refractivity contribution in [1.82, 2.24) is 4.90 Å². The van der Waals surface area contributed by atoms with Crippen LogP contribution < -0.4 is 0 Å². The molecule has 1 saturated heterocycles. The highest BCUT2D eigenvalue weighted by Gasteiger charge is 2.19. The predicted molar refractivity (Wildman–Crippen MR) is 99.3 cm³/mol. The number of benzene rings is 2. The lowest BCUT2D eigenvalue weighted by molar-refractivity contribution is 0.204. The van der Waals surface area contributed by atoms with Gasteiger partial charge in [-0.05, 0) is 68.0 Å². The van der Waals surface area contributed by atoms with Crippen molar-refractivity contribution in [2.45, 2.75) is 45.1 Å². The Bertz CT molecular complexity index is 629. The summed E-state index contributed by atoms with van der Waals surface area (Å²) in [5.74, 6) is 0. The summed E-state index contributed by atoms with van der Waals surface area (Å²) < 4.78 is 0. The standard InChI is InChI=1S/C22H27N/c1-19-9-5-6-12-21(19)16-18-23-17-8-7-13-22(23)15-14-20-10-3-2-4-11-20/h2-6,9-12,16,18,22H,7-8,13-15,17H2,1H3/b18-16+/t22-/m0/s1. The van der Waals surface area contributed by atoms with Gasteiger partial charge in [0.25, 0.3) is 0 Å². The molecule has 1 atom stereocenters. The third-order valence-corrected chi connectivity index (χ3v) is 4.92. The summed E-state index contributed by atoms with van der Waals surface area (Å²) >= 11 is 0. The van der Waals surface area contributed by atoms with Crippen molar-refractivity contribution in [1.29, 1.82) is 0 Å². The van der Waals surface area contributed by atoms with Crippen molar-refractivity contribution in [3.63, 3.8) is 0 Å². The van der Waals surface area contributed by atoms with Crippen LogP contribution in [0, 0.1) is 6.92 Å². The van der Waals surface area contributed by atoms with E-state index in [2.05, 4.69) is 78.7 Å². The Morgan fingerprint density at radius 1 is 1.00 bits per heavy atom. The van der Waals surface area contributed by atoms with E-state index >= 15 is 0 Å². The van der Waals surface area contributed by atoms with Gasteiger partial charge in [-0.25, -0.2) is 0 Å². The molecule has 23 heavy (non-hydrogen) atoms. The number of rotatable bonds is 5. The summed E-state index contributed by atoms with van der Waals surface area (Å²) in [5, 5.41) is 0. The first-order valence-electron chi connectivity index (χ1n) is 8.86. The lowest BCUT2D eigenvalue weighted by Crippen LogP contribution is -2.35. The van der Waals surface area contributed by atoms with Gasteiger partial charge in [0, 0.05) is 12.6 Å². The predicted octanol–water partition coefficient (Wildman–Crippen LogP) is 5.45. The lowest BCUT2D eigenvalue weighted by Gasteiger charge is -2.35. The van der Waals surface area contributed by atoms with Crippen LogP contribution in [0.3, 0.4) is 0 Å². The average Bonchev–Trinajstić information content (AvgIpc) is 2.61. The van der Waals surface area contributed by atoms with Gasteiger partial charge in [-0.15, -0.1) is 0 Å². The maximum atomic E-state index is 2.57. The van der Waals surface area contributed by atoms with E-state index in [0.717, 1.165) is 0 Å². The molecule has 1 heteroatoms. The van der Waals surface area contributed by atoms with Crippen molar-refractivity contribution in [3.05, 3.63) is 77.5 Å². The van der Waals surface area contributed by atoms with Gasteiger partial charge < -0.3 is 4.90 Å². The molecule has 2 aromatic rings. The summed E-state index contributed by atoms with van der Waals surface area (Å²) in [4.78, 5) is 2.57. The second-order valence-electron chi connectivity index (χ2n) is 6.58. The minimum atomic E-state index is 0.684. The summed E-state index contributed by atoms with van der Waals surface area (Å²) in [5.41, 5.74) is 4.14. The summed E-state index contributed by atoms with van der Waals surface area (Å²) in [6, 6.07) is 20.2. The van der Waals surface area contributed by atoms with Crippen LogP contribution in [0.2, 0.25) is 0 Å². The molecule has 1 heterocycles. The van der Waals surface area contributed by atoms with E-state index in [1.807, 2.05) is 0 Å². The van der Waals surface area contributed by atoms with Crippen molar-refractivity contribution in [3.8, 4) is 0 Å². The second kappa shape index (κ2) is 8.01. The van der Waals surface area contributed by atoms with Crippen molar-refractivity contribution in [2.75, 3.05) is 6.54 Å². The van der Waals surface area contributed by atoms with E-state index < -0.39 is 0 Å². The maximum absolute atomic E-state index is 2.57. The topological polar surface area (TPSA) is 3.24 Å². The first kappa shape index (κ1) is 15.9. The van der Waals surface area contributed by atoms with Crippen molar-refractivity contribution < 1.29 is 0 Å². The minimum Gasteiger partial charge on any atom is -0.374 e. The highest BCUT2D eigenvalue weighted by molar-refractivity contribution is 5.52. The molecule has 0 spiro atoms. The molecule has 0 amide bonds. The SMILES string of the molecule is Cc1ccccc1/C=C/N1CCCC[C@H]1CCc1ccccc1. The van der Waals surface area contributed by atoms with Crippen LogP contribution in [-0.2, 0) is 6.42 Å². The van der Waals surface area contributed by atoms with Gasteiger partial charge in [-0.1, -0.05) is 54.6 Å². The van der Waals surface area contributed by atoms with Gasteiger partial charge in [0.15, 0.2) is 0 Å². The Morgan fingerprint density at radius 3 is 2.61 bits per heavy atom. The molecule has 3 rings (SSSR count). The number of likely N-dealkylation sites (tertiary alicyclic amines) is 1. The molecular formula is C22H27N. The number of nitrogens with zero attached hydrogens (tertiary/aromatic N) is 1. The van der Waals surface area contributed by atoms with Crippen molar-refractivity contribution in [2.24, 2.45) is 0 Å². The van der Waals surface area contributed by atoms with Gasteiger partial charge in [-0.3, -0.25) is 0 Å². The van der Waals surface area contributed by atoms with E-state index in [0.29, 0.717) is 6.04 Å². The van der Waals surface area contributed by atoms with E-state index in [-0.39, 0.29) is 0 Å². The van der Waals surface area contributed by atoms with Crippen molar-refractivity contribution >= 4 is 6.08 Å². The molecule has 1 nitrogen and oxygen atoms in total. The number of piperidine rings is 1. The molecule has 0 saturated carbocycles. The van der Waals surface area contributed by atoms with Gasteiger partial charge in [0.1, 0.15) is 0 Å². The third-order valence-electron chi connectivity index (χ3n) is 4.92. The van der Waals surface area contributed by atoms with E-state index in [1.165, 1.54) is 55.3 Å². The lowest BCUT2D eigenvalue weighted by atomic mass is 9.96. The Balaban J connectivity index is 1.63. The molecule has 0 bridgehead atoms. The van der Waals surface area contributed by atoms with Crippen LogP contribution in [-0.4, -0.2) is 17.5 Å². The van der Waals surface area contributed by atoms with Crippen LogP contribution in [0.25, 0.3) is 6.08 Å². The zero-order chi connectivity index (χ0) is 15.9. The molecule has 1 fully saturated rings. The molecule has 1 aliphatic rings. The molecule has 0 N–H and O–H groups in total. The molecule has 1 aliphatic heterocycles. The summed E-state index contributed by atoms with van der Waals surface area (Å²) in [6.45, 7) is 3.38. The summed E-state index contributed by atoms with van der Waals surface area (Å²) in [6.07, 6.45) is 11.1. The fourth-order valence-electron chi connectivity index (χ4n) is 3.46. The Morgan fingerprint density at radius 2 is 1.78 bits per heavy atom. The molecule has 0 aromatic heterocycles. The fraction of sp³-hybridized carbons (Fsp3) is 0.364. The normalized spacial score (nSPS) is 18.5. The smallest absolute Gasteiger partial charge is 0.0287 e. The van der Waals surface area contributed by atoms with Crippen LogP contribution in [0.5, 0.6) is 0 Å². The molecule has 0 radical (unpaired) electrons. The Kier molecular flexibility index (Phi) is 5.52. The molecule has 0 aliphatic carbocycles. The first-order valence-corrected chi connectivity index (χ1v) is 8.86. The van der Waals surface area contributed by atoms with Crippen LogP contribution in [0.15, 0.2) is 60.8 Å². The Labute approximate surface area is 140 Å². The monoisotopic (exact) mass is 305 g/mol. The first-order chi connectivity index (χ1) is 11.3. The number of hydrogen-bond donors (Lipinski definition) is 0. The molecule has 0 unspecified atom stereocenters. The largest absolute Gasteiger partial charge is 0.374 e. The van der Waals surface area contributed by atoms with Crippen LogP contribution in [0.4, 0.5) is 0 Å². The zero-order valence-electron chi connectivity index (χ0n) is 14.1. The molecule has 120 valence electrons. The molecule has 2 aromatic carbocycles. The maximum Gasteiger partial charge on any atom is 0.0287 e. The second-order valence-corrected chi connectivity index (χ2v) is 6.58.